The van der Waals surface area contributed by atoms with Crippen LogP contribution in [0.4, 0.5) is 18.0 Å². The molecule has 0 aliphatic heterocycles. The van der Waals surface area contributed by atoms with Crippen LogP contribution in [0.5, 0.6) is 5.75 Å². The molecular weight excluding hydrogens is 525 g/mol. The van der Waals surface area contributed by atoms with E-state index in [2.05, 4.69) is 5.32 Å². The molecule has 3 aromatic rings. The Morgan fingerprint density at radius 2 is 1.60 bits per heavy atom. The monoisotopic (exact) mass is 558 g/mol. The summed E-state index contributed by atoms with van der Waals surface area (Å²) in [4.78, 5) is 25.8. The summed E-state index contributed by atoms with van der Waals surface area (Å²) >= 11 is 0. The number of aryl methyl sites for hydroxylation is 1. The van der Waals surface area contributed by atoms with Crippen molar-refractivity contribution < 1.29 is 37.3 Å². The predicted octanol–water partition coefficient (Wildman–Crippen LogP) is 5.36. The molecule has 0 bridgehead atoms. The lowest BCUT2D eigenvalue weighted by Gasteiger charge is -2.23. The fourth-order valence-electron chi connectivity index (χ4n) is 4.02. The number of hydrogen-bond acceptors (Lipinski definition) is 4. The number of carbonyl (C=O) groups is 2. The molecule has 7 nitrogen and oxygen atoms in total. The molecule has 214 valence electrons. The summed E-state index contributed by atoms with van der Waals surface area (Å²) in [7, 11) is 0. The van der Waals surface area contributed by atoms with E-state index in [1.54, 1.807) is 48.2 Å². The minimum Gasteiger partial charge on any atom is -0.492 e. The first-order valence-electron chi connectivity index (χ1n) is 13.0. The molecule has 0 spiro atoms. The van der Waals surface area contributed by atoms with Gasteiger partial charge in [0.05, 0.1) is 6.54 Å². The maximum Gasteiger partial charge on any atom is 0.333 e. The van der Waals surface area contributed by atoms with Crippen molar-refractivity contribution in [2.45, 2.75) is 38.8 Å². The average Bonchev–Trinajstić information content (AvgIpc) is 2.93. The van der Waals surface area contributed by atoms with Crippen LogP contribution in [0.3, 0.4) is 0 Å². The zero-order chi connectivity index (χ0) is 28.9. The molecule has 0 saturated carbocycles. The van der Waals surface area contributed by atoms with Crippen LogP contribution in [0.25, 0.3) is 0 Å². The fraction of sp³-hybridized carbons (Fsp3) is 0.333. The van der Waals surface area contributed by atoms with Crippen molar-refractivity contribution in [3.05, 3.63) is 101 Å². The fourth-order valence-corrected chi connectivity index (χ4v) is 4.02. The molecule has 1 atom stereocenters. The smallest absolute Gasteiger partial charge is 0.333 e. The maximum absolute atomic E-state index is 14.0. The van der Waals surface area contributed by atoms with E-state index in [1.165, 1.54) is 18.2 Å². The Hall–Kier alpha value is -4.05. The van der Waals surface area contributed by atoms with Gasteiger partial charge in [-0.3, -0.25) is 0 Å². The molecule has 3 rings (SSSR count). The minimum absolute atomic E-state index is 0.110. The average molecular weight is 559 g/mol. The molecule has 0 aromatic heterocycles. The summed E-state index contributed by atoms with van der Waals surface area (Å²) in [6.07, 6.45) is 0.517. The summed E-state index contributed by atoms with van der Waals surface area (Å²) in [5.74, 6) is -2.24. The topological polar surface area (TPSA) is 88.1 Å². The molecule has 0 fully saturated rings. The second kappa shape index (κ2) is 15.5. The first-order valence-corrected chi connectivity index (χ1v) is 13.0. The van der Waals surface area contributed by atoms with Crippen molar-refractivity contribution in [3.63, 3.8) is 0 Å². The molecule has 10 heteroatoms. The van der Waals surface area contributed by atoms with Gasteiger partial charge in [0.25, 0.3) is 0 Å². The van der Waals surface area contributed by atoms with E-state index in [9.17, 15) is 27.9 Å². The van der Waals surface area contributed by atoms with Gasteiger partial charge in [-0.1, -0.05) is 30.3 Å². The molecule has 2 amide bonds. The molecule has 0 heterocycles. The lowest BCUT2D eigenvalue weighted by Crippen LogP contribution is -2.42. The Bertz CT molecular complexity index is 1240. The van der Waals surface area contributed by atoms with E-state index in [0.29, 0.717) is 31.7 Å². The van der Waals surface area contributed by atoms with E-state index in [1.807, 2.05) is 0 Å². The molecule has 0 aliphatic carbocycles. The lowest BCUT2D eigenvalue weighted by molar-refractivity contribution is -0.149. The third-order valence-corrected chi connectivity index (χ3v) is 6.16. The molecule has 0 radical (unpaired) electrons. The van der Waals surface area contributed by atoms with Crippen LogP contribution < -0.4 is 10.1 Å². The molecule has 2 N–H and O–H groups in total. The van der Waals surface area contributed by atoms with Gasteiger partial charge in [0.2, 0.25) is 0 Å². The second-order valence-corrected chi connectivity index (χ2v) is 9.09. The van der Waals surface area contributed by atoms with Gasteiger partial charge in [-0.25, -0.2) is 22.8 Å². The van der Waals surface area contributed by atoms with Crippen LogP contribution in [0.1, 0.15) is 30.0 Å². The molecule has 3 aromatic carbocycles. The highest BCUT2D eigenvalue weighted by atomic mass is 19.1. The third kappa shape index (κ3) is 9.92. The van der Waals surface area contributed by atoms with E-state index in [4.69, 9.17) is 9.47 Å². The van der Waals surface area contributed by atoms with Crippen LogP contribution in [-0.4, -0.2) is 54.4 Å². The third-order valence-electron chi connectivity index (χ3n) is 6.16. The number of nitrogens with zero attached hydrogens (tertiary/aromatic N) is 1. The second-order valence-electron chi connectivity index (χ2n) is 9.09. The van der Waals surface area contributed by atoms with E-state index in [0.717, 1.165) is 23.3 Å². The lowest BCUT2D eigenvalue weighted by atomic mass is 10.1. The number of hydrogen-bond donors (Lipinski definition) is 2. The summed E-state index contributed by atoms with van der Waals surface area (Å²) in [6, 6.07) is 15.8. The zero-order valence-electron chi connectivity index (χ0n) is 22.2. The Labute approximate surface area is 231 Å². The summed E-state index contributed by atoms with van der Waals surface area (Å²) in [6.45, 7) is 2.69. The molecule has 1 unspecified atom stereocenters. The first kappa shape index (κ1) is 30.5. The van der Waals surface area contributed by atoms with Gasteiger partial charge in [0.15, 0.2) is 6.10 Å². The number of carbonyl (C=O) groups excluding carboxylic acids is 1. The molecule has 0 saturated heterocycles. The predicted molar refractivity (Wildman–Crippen MR) is 144 cm³/mol. The standard InChI is InChI=1S/C30H33F3N2O5/c1-2-39-28(29(36)37)18-22-7-13-26(14-8-22)40-17-16-35(15-3-4-21-5-10-24(31)11-6-21)30(38)34-20-23-9-12-25(32)19-27(23)33/h5-14,19,28H,2-4,15-18,20H2,1H3,(H,34,38)(H,36,37). The van der Waals surface area contributed by atoms with Crippen molar-refractivity contribution in [2.24, 2.45) is 0 Å². The van der Waals surface area contributed by atoms with E-state index < -0.39 is 29.7 Å². The molecule has 0 aliphatic rings. The van der Waals surface area contributed by atoms with Crippen LogP contribution in [0.2, 0.25) is 0 Å². The first-order chi connectivity index (χ1) is 19.2. The summed E-state index contributed by atoms with van der Waals surface area (Å²) in [5, 5.41) is 11.9. The van der Waals surface area contributed by atoms with Crippen molar-refractivity contribution in [1.29, 1.82) is 0 Å². The van der Waals surface area contributed by atoms with Crippen molar-refractivity contribution in [2.75, 3.05) is 26.3 Å². The van der Waals surface area contributed by atoms with Crippen LogP contribution in [0.15, 0.2) is 66.7 Å². The number of benzene rings is 3. The SMILES string of the molecule is CCOC(Cc1ccc(OCCN(CCCc2ccc(F)cc2)C(=O)NCc2ccc(F)cc2F)cc1)C(=O)O. The number of carboxylic acid groups (broad SMARTS) is 1. The van der Waals surface area contributed by atoms with Crippen molar-refractivity contribution in [1.82, 2.24) is 10.2 Å². The van der Waals surface area contributed by atoms with Crippen LogP contribution in [0, 0.1) is 17.5 Å². The molecule has 40 heavy (non-hydrogen) atoms. The number of aliphatic carboxylic acids is 1. The number of rotatable bonds is 15. The summed E-state index contributed by atoms with van der Waals surface area (Å²) in [5.41, 5.74) is 1.87. The number of carboxylic acids is 1. The van der Waals surface area contributed by atoms with E-state index in [-0.39, 0.29) is 37.5 Å². The largest absolute Gasteiger partial charge is 0.492 e. The summed E-state index contributed by atoms with van der Waals surface area (Å²) < 4.78 is 51.4. The van der Waals surface area contributed by atoms with Gasteiger partial charge in [-0.05, 0) is 61.2 Å². The minimum atomic E-state index is -1.03. The zero-order valence-corrected chi connectivity index (χ0v) is 22.2. The highest BCUT2D eigenvalue weighted by Gasteiger charge is 2.18. The van der Waals surface area contributed by atoms with Gasteiger partial charge in [0, 0.05) is 37.7 Å². The van der Waals surface area contributed by atoms with Crippen LogP contribution >= 0.6 is 0 Å². The van der Waals surface area contributed by atoms with Gasteiger partial charge in [-0.15, -0.1) is 0 Å². The van der Waals surface area contributed by atoms with Gasteiger partial charge in [0.1, 0.15) is 29.8 Å². The number of ether oxygens (including phenoxy) is 2. The number of amides is 2. The highest BCUT2D eigenvalue weighted by Crippen LogP contribution is 2.15. The Morgan fingerprint density at radius 1 is 0.925 bits per heavy atom. The van der Waals surface area contributed by atoms with Gasteiger partial charge >= 0.3 is 12.0 Å². The highest BCUT2D eigenvalue weighted by molar-refractivity contribution is 5.74. The Balaban J connectivity index is 1.56. The number of halogens is 3. The quantitative estimate of drug-likeness (QED) is 0.262. The number of urea groups is 1. The normalized spacial score (nSPS) is 11.6. The van der Waals surface area contributed by atoms with Gasteiger partial charge < -0.3 is 24.8 Å². The van der Waals surface area contributed by atoms with Gasteiger partial charge in [-0.2, -0.15) is 0 Å². The Morgan fingerprint density at radius 3 is 2.25 bits per heavy atom. The van der Waals surface area contributed by atoms with Crippen molar-refractivity contribution >= 4 is 12.0 Å². The van der Waals surface area contributed by atoms with Crippen LogP contribution in [-0.2, 0) is 28.9 Å². The number of nitrogens with one attached hydrogen (secondary N) is 1. The van der Waals surface area contributed by atoms with E-state index >= 15 is 0 Å². The molecular formula is C30H33F3N2O5. The maximum atomic E-state index is 14.0. The Kier molecular flexibility index (Phi) is 11.8. The van der Waals surface area contributed by atoms with Crippen molar-refractivity contribution in [3.8, 4) is 5.75 Å².